The highest BCUT2D eigenvalue weighted by Gasteiger charge is 2.26. The van der Waals surface area contributed by atoms with Gasteiger partial charge in [-0.1, -0.05) is 12.8 Å². The second-order valence-electron chi connectivity index (χ2n) is 3.59. The molecule has 0 fully saturated rings. The molecule has 0 aromatic heterocycles. The molecule has 0 aliphatic rings. The number of carboxylic acid groups (broad SMARTS) is 1. The summed E-state index contributed by atoms with van der Waals surface area (Å²) in [5, 5.41) is 8.69. The van der Waals surface area contributed by atoms with Crippen molar-refractivity contribution < 1.29 is 22.7 Å². The van der Waals surface area contributed by atoms with Crippen LogP contribution in [0.4, 0.5) is 4.39 Å². The van der Waals surface area contributed by atoms with Crippen LogP contribution in [0, 0.1) is 18.2 Å². The molecule has 0 unspecified atom stereocenters. The number of carbonyl (C=O) groups is 1. The van der Waals surface area contributed by atoms with Crippen LogP contribution in [-0.2, 0) is 10.0 Å². The van der Waals surface area contributed by atoms with Crippen molar-refractivity contribution in [2.45, 2.75) is 11.8 Å². The van der Waals surface area contributed by atoms with E-state index < -0.39 is 26.7 Å². The van der Waals surface area contributed by atoms with E-state index in [1.54, 1.807) is 6.92 Å². The normalized spacial score (nSPS) is 11.3. The summed E-state index contributed by atoms with van der Waals surface area (Å²) in [6, 6.07) is 2.62. The summed E-state index contributed by atoms with van der Waals surface area (Å²) >= 11 is 0. The van der Waals surface area contributed by atoms with E-state index >= 15 is 0 Å². The molecule has 1 aromatic carbocycles. The lowest BCUT2D eigenvalue weighted by molar-refractivity contribution is 0.0696. The van der Waals surface area contributed by atoms with E-state index in [0.29, 0.717) is 6.07 Å². The molecule has 0 saturated heterocycles. The maximum Gasteiger partial charge on any atom is 0.335 e. The van der Waals surface area contributed by atoms with Crippen LogP contribution >= 0.6 is 0 Å². The van der Waals surface area contributed by atoms with Gasteiger partial charge in [0.1, 0.15) is 10.7 Å². The Hall–Kier alpha value is -1.91. The standard InChI is InChI=1S/C12H12FNO4S/c1-3-7-14(4-2)19(17,18)11-6-5-9(12(15)16)8-10(11)13/h1,5-6,8H,4,7H2,2H3,(H,15,16). The van der Waals surface area contributed by atoms with Crippen molar-refractivity contribution in [1.82, 2.24) is 4.31 Å². The first-order valence-corrected chi connectivity index (χ1v) is 6.75. The Morgan fingerprint density at radius 3 is 2.58 bits per heavy atom. The average Bonchev–Trinajstić information content (AvgIpc) is 2.35. The number of hydrogen-bond donors (Lipinski definition) is 1. The molecule has 1 aromatic rings. The Morgan fingerprint density at radius 2 is 2.16 bits per heavy atom. The second-order valence-corrected chi connectivity index (χ2v) is 5.49. The van der Waals surface area contributed by atoms with Crippen LogP contribution < -0.4 is 0 Å². The highest BCUT2D eigenvalue weighted by atomic mass is 32.2. The number of carboxylic acids is 1. The molecule has 0 atom stereocenters. The third kappa shape index (κ3) is 3.10. The van der Waals surface area contributed by atoms with Crippen LogP contribution in [0.15, 0.2) is 23.1 Å². The number of halogens is 1. The third-order valence-corrected chi connectivity index (χ3v) is 4.37. The molecule has 0 heterocycles. The zero-order valence-electron chi connectivity index (χ0n) is 10.1. The molecule has 0 spiro atoms. The molecule has 0 bridgehead atoms. The van der Waals surface area contributed by atoms with Crippen molar-refractivity contribution in [3.05, 3.63) is 29.6 Å². The van der Waals surface area contributed by atoms with E-state index in [4.69, 9.17) is 11.5 Å². The summed E-state index contributed by atoms with van der Waals surface area (Å²) in [6.45, 7) is 1.48. The summed E-state index contributed by atoms with van der Waals surface area (Å²) in [5.74, 6) is -0.276. The molecular weight excluding hydrogens is 273 g/mol. The number of aromatic carboxylic acids is 1. The number of rotatable bonds is 5. The number of hydrogen-bond acceptors (Lipinski definition) is 3. The molecule has 0 radical (unpaired) electrons. The highest BCUT2D eigenvalue weighted by molar-refractivity contribution is 7.89. The van der Waals surface area contributed by atoms with Crippen LogP contribution in [0.25, 0.3) is 0 Å². The van der Waals surface area contributed by atoms with Gasteiger partial charge in [-0.2, -0.15) is 4.31 Å². The highest BCUT2D eigenvalue weighted by Crippen LogP contribution is 2.20. The Balaban J connectivity index is 3.30. The van der Waals surface area contributed by atoms with Gasteiger partial charge in [-0.05, 0) is 18.2 Å². The van der Waals surface area contributed by atoms with Crippen molar-refractivity contribution in [1.29, 1.82) is 0 Å². The first kappa shape index (κ1) is 15.1. The van der Waals surface area contributed by atoms with Gasteiger partial charge in [0.2, 0.25) is 10.0 Å². The molecular formula is C12H12FNO4S. The van der Waals surface area contributed by atoms with Gasteiger partial charge in [0.25, 0.3) is 0 Å². The van der Waals surface area contributed by atoms with Crippen molar-refractivity contribution in [2.75, 3.05) is 13.1 Å². The molecule has 1 rings (SSSR count). The minimum atomic E-state index is -4.06. The van der Waals surface area contributed by atoms with Crippen molar-refractivity contribution in [3.8, 4) is 12.3 Å². The van der Waals surface area contributed by atoms with E-state index in [9.17, 15) is 17.6 Å². The molecule has 5 nitrogen and oxygen atoms in total. The quantitative estimate of drug-likeness (QED) is 0.824. The fourth-order valence-electron chi connectivity index (χ4n) is 1.45. The maximum atomic E-state index is 13.7. The lowest BCUT2D eigenvalue weighted by atomic mass is 10.2. The van der Waals surface area contributed by atoms with Crippen molar-refractivity contribution >= 4 is 16.0 Å². The summed E-state index contributed by atoms with van der Waals surface area (Å²) in [5.41, 5.74) is -0.323. The third-order valence-electron chi connectivity index (χ3n) is 2.42. The summed E-state index contributed by atoms with van der Waals surface area (Å²) < 4.78 is 38.8. The molecule has 1 N–H and O–H groups in total. The summed E-state index contributed by atoms with van der Waals surface area (Å²) in [4.78, 5) is 10.1. The lowest BCUT2D eigenvalue weighted by Gasteiger charge is -2.18. The first-order chi connectivity index (χ1) is 8.84. The van der Waals surface area contributed by atoms with Gasteiger partial charge in [0.15, 0.2) is 0 Å². The average molecular weight is 285 g/mol. The van der Waals surface area contributed by atoms with Crippen LogP contribution in [0.2, 0.25) is 0 Å². The summed E-state index contributed by atoms with van der Waals surface area (Å²) in [7, 11) is -4.06. The molecule has 0 saturated carbocycles. The van der Waals surface area contributed by atoms with Crippen molar-refractivity contribution in [3.63, 3.8) is 0 Å². The zero-order valence-corrected chi connectivity index (χ0v) is 10.9. The topological polar surface area (TPSA) is 74.7 Å². The monoisotopic (exact) mass is 285 g/mol. The summed E-state index contributed by atoms with van der Waals surface area (Å²) in [6.07, 6.45) is 5.05. The van der Waals surface area contributed by atoms with Gasteiger partial charge in [0, 0.05) is 6.54 Å². The van der Waals surface area contributed by atoms with E-state index in [1.807, 2.05) is 0 Å². The first-order valence-electron chi connectivity index (χ1n) is 5.31. The number of terminal acetylenes is 1. The largest absolute Gasteiger partial charge is 0.478 e. The predicted molar refractivity (Wildman–Crippen MR) is 66.6 cm³/mol. The van der Waals surface area contributed by atoms with E-state index in [2.05, 4.69) is 5.92 Å². The Morgan fingerprint density at radius 1 is 1.53 bits per heavy atom. The maximum absolute atomic E-state index is 13.7. The number of sulfonamides is 1. The molecule has 0 aliphatic carbocycles. The van der Waals surface area contributed by atoms with Crippen LogP contribution in [0.5, 0.6) is 0 Å². The van der Waals surface area contributed by atoms with Crippen LogP contribution in [-0.4, -0.2) is 36.9 Å². The Labute approximate surface area is 110 Å². The van der Waals surface area contributed by atoms with Gasteiger partial charge in [-0.25, -0.2) is 17.6 Å². The van der Waals surface area contributed by atoms with Gasteiger partial charge in [0.05, 0.1) is 12.1 Å². The van der Waals surface area contributed by atoms with Gasteiger partial charge >= 0.3 is 5.97 Å². The smallest absolute Gasteiger partial charge is 0.335 e. The van der Waals surface area contributed by atoms with E-state index in [1.165, 1.54) is 0 Å². The SMILES string of the molecule is C#CCN(CC)S(=O)(=O)c1ccc(C(=O)O)cc1F. The number of nitrogens with zero attached hydrogens (tertiary/aromatic N) is 1. The molecule has 102 valence electrons. The van der Waals surface area contributed by atoms with E-state index in [-0.39, 0.29) is 18.7 Å². The fourth-order valence-corrected chi connectivity index (χ4v) is 2.86. The molecule has 19 heavy (non-hydrogen) atoms. The molecule has 0 amide bonds. The fraction of sp³-hybridized carbons (Fsp3) is 0.250. The lowest BCUT2D eigenvalue weighted by Crippen LogP contribution is -2.31. The molecule has 0 aliphatic heterocycles. The Bertz CT molecular complexity index is 634. The van der Waals surface area contributed by atoms with Crippen molar-refractivity contribution in [2.24, 2.45) is 0 Å². The van der Waals surface area contributed by atoms with E-state index in [0.717, 1.165) is 16.4 Å². The Kier molecular flexibility index (Phi) is 4.64. The van der Waals surface area contributed by atoms with Crippen LogP contribution in [0.3, 0.4) is 0 Å². The van der Waals surface area contributed by atoms with Gasteiger partial charge in [-0.3, -0.25) is 0 Å². The van der Waals surface area contributed by atoms with Gasteiger partial charge in [-0.15, -0.1) is 6.42 Å². The zero-order chi connectivity index (χ0) is 14.6. The second kappa shape index (κ2) is 5.82. The van der Waals surface area contributed by atoms with Crippen LogP contribution in [0.1, 0.15) is 17.3 Å². The minimum Gasteiger partial charge on any atom is -0.478 e. The number of benzene rings is 1. The van der Waals surface area contributed by atoms with Gasteiger partial charge < -0.3 is 5.11 Å². The predicted octanol–water partition coefficient (Wildman–Crippen LogP) is 1.17. The molecule has 7 heteroatoms. The minimum absolute atomic E-state index is 0.0899.